The second-order valence-electron chi connectivity index (χ2n) is 13.7. The maximum absolute atomic E-state index is 14.6. The molecule has 2 amide bonds. The Hall–Kier alpha value is -5.67. The van der Waals surface area contributed by atoms with Crippen molar-refractivity contribution in [2.75, 3.05) is 38.1 Å². The van der Waals surface area contributed by atoms with E-state index in [1.54, 1.807) is 4.90 Å². The molecule has 1 fully saturated rings. The van der Waals surface area contributed by atoms with Gasteiger partial charge in [-0.25, -0.2) is 0 Å². The normalized spacial score (nSPS) is 14.2. The van der Waals surface area contributed by atoms with E-state index in [2.05, 4.69) is 34.1 Å². The molecule has 1 heterocycles. The van der Waals surface area contributed by atoms with Crippen molar-refractivity contribution in [3.8, 4) is 0 Å². The van der Waals surface area contributed by atoms with E-state index in [1.165, 1.54) is 35.4 Å². The highest BCUT2D eigenvalue weighted by molar-refractivity contribution is 5.95. The number of amides is 2. The first-order valence-electron chi connectivity index (χ1n) is 18.2. The highest BCUT2D eigenvalue weighted by atomic mass is 19.4. The van der Waals surface area contributed by atoms with Crippen molar-refractivity contribution in [3.63, 3.8) is 0 Å². The number of nitrogens with zero attached hydrogens (tertiary/aromatic N) is 4. The molecule has 6 nitrogen and oxygen atoms in total. The lowest BCUT2D eigenvalue weighted by Crippen LogP contribution is -2.56. The Labute approximate surface area is 315 Å². The Morgan fingerprint density at radius 3 is 1.78 bits per heavy atom. The van der Waals surface area contributed by atoms with E-state index in [0.717, 1.165) is 42.0 Å². The quantitative estimate of drug-likeness (QED) is 0.114. The number of carbonyl (C=O) groups is 2. The van der Waals surface area contributed by atoms with Gasteiger partial charge in [0, 0.05) is 71.0 Å². The highest BCUT2D eigenvalue weighted by Crippen LogP contribution is 2.29. The predicted octanol–water partition coefficient (Wildman–Crippen LogP) is 8.34. The molecule has 0 unspecified atom stereocenters. The third-order valence-electron chi connectivity index (χ3n) is 9.80. The lowest BCUT2D eigenvalue weighted by Gasteiger charge is -2.39. The Morgan fingerprint density at radius 1 is 0.667 bits per heavy atom. The molecule has 6 rings (SSSR count). The Morgan fingerprint density at radius 2 is 1.20 bits per heavy atom. The molecular weight excluding hydrogens is 686 g/mol. The Balaban J connectivity index is 1.26. The van der Waals surface area contributed by atoms with E-state index in [-0.39, 0.29) is 12.5 Å². The van der Waals surface area contributed by atoms with Crippen molar-refractivity contribution in [1.29, 1.82) is 0 Å². The van der Waals surface area contributed by atoms with E-state index in [1.807, 2.05) is 103 Å². The van der Waals surface area contributed by atoms with Crippen molar-refractivity contribution < 1.29 is 22.8 Å². The summed E-state index contributed by atoms with van der Waals surface area (Å²) in [7, 11) is 2.03. The number of hydrogen-bond donors (Lipinski definition) is 0. The third kappa shape index (κ3) is 10.5. The van der Waals surface area contributed by atoms with Crippen LogP contribution in [0.15, 0.2) is 146 Å². The second-order valence-corrected chi connectivity index (χ2v) is 13.7. The SMILES string of the molecule is CN(Cc1ccccc1)c1ccc(CN(C(=O)C=Cc2ccc(C(F)(F)F)cc2)[C@@H](Cc2ccccc2)C(=O)N2CCN(Cc3ccccc3)CC2)cc1. The lowest BCUT2D eigenvalue weighted by molar-refractivity contribution is -0.145. The first kappa shape index (κ1) is 38.1. The van der Waals surface area contributed by atoms with E-state index >= 15 is 0 Å². The highest BCUT2D eigenvalue weighted by Gasteiger charge is 2.34. The summed E-state index contributed by atoms with van der Waals surface area (Å²) in [5.74, 6) is -0.536. The minimum atomic E-state index is -4.46. The molecular formula is C45H45F3N4O2. The summed E-state index contributed by atoms with van der Waals surface area (Å²) >= 11 is 0. The average molecular weight is 731 g/mol. The fourth-order valence-electron chi connectivity index (χ4n) is 6.74. The summed E-state index contributed by atoms with van der Waals surface area (Å²) in [4.78, 5) is 36.8. The molecule has 1 aliphatic heterocycles. The van der Waals surface area contributed by atoms with Crippen LogP contribution in [0.25, 0.3) is 6.08 Å². The second kappa shape index (κ2) is 17.9. The van der Waals surface area contributed by atoms with E-state index in [0.29, 0.717) is 38.2 Å². The molecule has 9 heteroatoms. The number of hydrogen-bond acceptors (Lipinski definition) is 4. The molecule has 0 saturated carbocycles. The van der Waals surface area contributed by atoms with Gasteiger partial charge in [0.15, 0.2) is 0 Å². The Bertz CT molecular complexity index is 1960. The zero-order chi connectivity index (χ0) is 37.9. The van der Waals surface area contributed by atoms with Crippen LogP contribution in [-0.4, -0.2) is 65.8 Å². The molecule has 0 N–H and O–H groups in total. The topological polar surface area (TPSA) is 47.1 Å². The summed E-state index contributed by atoms with van der Waals surface area (Å²) in [6.45, 7) is 4.16. The maximum Gasteiger partial charge on any atom is 0.416 e. The minimum absolute atomic E-state index is 0.131. The van der Waals surface area contributed by atoms with Gasteiger partial charge >= 0.3 is 6.18 Å². The van der Waals surface area contributed by atoms with Crippen LogP contribution in [0.5, 0.6) is 0 Å². The van der Waals surface area contributed by atoms with Gasteiger partial charge in [-0.2, -0.15) is 13.2 Å². The summed E-state index contributed by atoms with van der Waals surface area (Å²) in [5, 5.41) is 0. The molecule has 5 aromatic carbocycles. The van der Waals surface area contributed by atoms with Gasteiger partial charge in [-0.05, 0) is 58.2 Å². The van der Waals surface area contributed by atoms with Crippen LogP contribution in [0.1, 0.15) is 33.4 Å². The van der Waals surface area contributed by atoms with Crippen LogP contribution in [0.4, 0.5) is 18.9 Å². The molecule has 5 aromatic rings. The fraction of sp³-hybridized carbons (Fsp3) is 0.244. The standard InChI is InChI=1S/C45H45F3N4O2/c1-49(32-37-13-7-3-8-14-37)41-24-19-39(20-25-41)34-52(43(53)26-21-35-17-22-40(23-18-35)45(46,47)48)42(31-36-11-5-2-6-12-36)44(54)51-29-27-50(28-30-51)33-38-15-9-4-10-16-38/h2-26,42H,27-34H2,1H3/t42-/m0/s1. The molecule has 0 bridgehead atoms. The Kier molecular flexibility index (Phi) is 12.6. The van der Waals surface area contributed by atoms with Crippen molar-refractivity contribution in [2.45, 2.75) is 38.3 Å². The molecule has 0 aromatic heterocycles. The molecule has 0 spiro atoms. The average Bonchev–Trinajstić information content (AvgIpc) is 3.19. The van der Waals surface area contributed by atoms with Crippen molar-refractivity contribution in [2.24, 2.45) is 0 Å². The molecule has 1 atom stereocenters. The van der Waals surface area contributed by atoms with Gasteiger partial charge in [0.1, 0.15) is 6.04 Å². The molecule has 1 saturated heterocycles. The van der Waals surface area contributed by atoms with E-state index in [9.17, 15) is 22.8 Å². The number of alkyl halides is 3. The van der Waals surface area contributed by atoms with Crippen molar-refractivity contribution in [3.05, 3.63) is 179 Å². The fourth-order valence-corrected chi connectivity index (χ4v) is 6.74. The predicted molar refractivity (Wildman–Crippen MR) is 208 cm³/mol. The van der Waals surface area contributed by atoms with Crippen LogP contribution >= 0.6 is 0 Å². The largest absolute Gasteiger partial charge is 0.416 e. The zero-order valence-electron chi connectivity index (χ0n) is 30.4. The molecule has 278 valence electrons. The number of anilines is 1. The summed E-state index contributed by atoms with van der Waals surface area (Å²) in [6, 6.07) is 41.9. The van der Waals surface area contributed by atoms with Crippen molar-refractivity contribution in [1.82, 2.24) is 14.7 Å². The minimum Gasteiger partial charge on any atom is -0.370 e. The zero-order valence-corrected chi connectivity index (χ0v) is 30.4. The van der Waals surface area contributed by atoms with E-state index < -0.39 is 23.7 Å². The van der Waals surface area contributed by atoms with Crippen LogP contribution < -0.4 is 4.90 Å². The molecule has 0 aliphatic carbocycles. The first-order valence-corrected chi connectivity index (χ1v) is 18.2. The van der Waals surface area contributed by atoms with Gasteiger partial charge in [-0.1, -0.05) is 115 Å². The third-order valence-corrected chi connectivity index (χ3v) is 9.80. The molecule has 0 radical (unpaired) electrons. The van der Waals surface area contributed by atoms with Crippen molar-refractivity contribution >= 4 is 23.6 Å². The number of rotatable bonds is 13. The van der Waals surface area contributed by atoms with Gasteiger partial charge in [-0.15, -0.1) is 0 Å². The summed E-state index contributed by atoms with van der Waals surface area (Å²) in [5.41, 5.74) is 4.86. The smallest absolute Gasteiger partial charge is 0.370 e. The molecule has 54 heavy (non-hydrogen) atoms. The monoisotopic (exact) mass is 730 g/mol. The first-order chi connectivity index (χ1) is 26.1. The van der Waals surface area contributed by atoms with Gasteiger partial charge in [0.05, 0.1) is 5.56 Å². The lowest BCUT2D eigenvalue weighted by atomic mass is 10.0. The number of halogens is 3. The van der Waals surface area contributed by atoms with Gasteiger partial charge < -0.3 is 14.7 Å². The number of piperazine rings is 1. The van der Waals surface area contributed by atoms with Crippen LogP contribution in [0.2, 0.25) is 0 Å². The summed E-state index contributed by atoms with van der Waals surface area (Å²) in [6.07, 6.45) is -1.29. The van der Waals surface area contributed by atoms with Crippen LogP contribution in [0.3, 0.4) is 0 Å². The molecule has 1 aliphatic rings. The van der Waals surface area contributed by atoms with Gasteiger partial charge in [-0.3, -0.25) is 14.5 Å². The summed E-state index contributed by atoms with van der Waals surface area (Å²) < 4.78 is 39.6. The number of carbonyl (C=O) groups excluding carboxylic acids is 2. The van der Waals surface area contributed by atoms with E-state index in [4.69, 9.17) is 0 Å². The van der Waals surface area contributed by atoms with Crippen LogP contribution in [0, 0.1) is 0 Å². The van der Waals surface area contributed by atoms with Gasteiger partial charge in [0.25, 0.3) is 0 Å². The number of benzene rings is 5. The maximum atomic E-state index is 14.6. The van der Waals surface area contributed by atoms with Crippen LogP contribution in [-0.2, 0) is 41.8 Å². The van der Waals surface area contributed by atoms with Gasteiger partial charge in [0.2, 0.25) is 11.8 Å².